The number of hydrogen-bond acceptors (Lipinski definition) is 5. The lowest BCUT2D eigenvalue weighted by atomic mass is 10.0. The largest absolute Gasteiger partial charge is 0.573 e. The maximum absolute atomic E-state index is 13.0. The van der Waals surface area contributed by atoms with Gasteiger partial charge in [0, 0.05) is 29.2 Å². The Labute approximate surface area is 264 Å². The van der Waals surface area contributed by atoms with E-state index in [1.54, 1.807) is 11.8 Å². The molecule has 3 aromatic carbocycles. The number of anilines is 1. The van der Waals surface area contributed by atoms with Crippen molar-refractivity contribution in [2.75, 3.05) is 17.2 Å². The second kappa shape index (κ2) is 13.6. The van der Waals surface area contributed by atoms with E-state index in [9.17, 15) is 18.0 Å². The Kier molecular flexibility index (Phi) is 9.62. The van der Waals surface area contributed by atoms with Crippen LogP contribution in [0.5, 0.6) is 5.75 Å². The van der Waals surface area contributed by atoms with Crippen molar-refractivity contribution in [1.82, 2.24) is 20.1 Å². The van der Waals surface area contributed by atoms with Crippen LogP contribution in [-0.4, -0.2) is 44.6 Å². The van der Waals surface area contributed by atoms with E-state index in [0.29, 0.717) is 22.4 Å². The lowest BCUT2D eigenvalue weighted by Crippen LogP contribution is -2.28. The molecular formula is C33H33F3N6O2S. The van der Waals surface area contributed by atoms with Crippen LogP contribution < -0.4 is 15.0 Å². The number of allylic oxidation sites excluding steroid dienone is 2. The van der Waals surface area contributed by atoms with E-state index in [0.717, 1.165) is 47.5 Å². The van der Waals surface area contributed by atoms with Crippen molar-refractivity contribution in [3.63, 3.8) is 0 Å². The number of hydrogen-bond donors (Lipinski definition) is 1. The minimum Gasteiger partial charge on any atom is -0.406 e. The number of aromatic nitrogens is 3. The molecule has 5 rings (SSSR count). The average molecular weight is 635 g/mol. The number of carbonyl (C=O) groups excluding carboxylic acids is 1. The fourth-order valence-corrected chi connectivity index (χ4v) is 5.85. The lowest BCUT2D eigenvalue weighted by Gasteiger charge is -2.22. The molecule has 4 aromatic rings. The molecule has 45 heavy (non-hydrogen) atoms. The number of halogens is 3. The van der Waals surface area contributed by atoms with Crippen LogP contribution in [0, 0.1) is 6.92 Å². The molecule has 0 aliphatic carbocycles. The van der Waals surface area contributed by atoms with Crippen molar-refractivity contribution in [3.8, 4) is 22.8 Å². The summed E-state index contributed by atoms with van der Waals surface area (Å²) in [4.78, 5) is 23.9. The molecule has 1 aliphatic heterocycles. The van der Waals surface area contributed by atoms with Gasteiger partial charge in [0.25, 0.3) is 0 Å². The Morgan fingerprint density at radius 1 is 1.07 bits per heavy atom. The molecule has 12 heteroatoms. The maximum atomic E-state index is 13.0. The lowest BCUT2D eigenvalue weighted by molar-refractivity contribution is -0.274. The molecule has 0 bridgehead atoms. The van der Waals surface area contributed by atoms with Gasteiger partial charge in [-0.1, -0.05) is 61.5 Å². The SMILES string of the molecule is CCCc1ccc(C)cc1N1CCS/C1=N\C(=O)N/C(C)=C(\C)c1ccc(-c2ncn(-c3ccc(OC(F)(F)F)cc3)n2)cc1. The smallest absolute Gasteiger partial charge is 0.406 e. The van der Waals surface area contributed by atoms with Gasteiger partial charge in [-0.05, 0) is 79.8 Å². The minimum absolute atomic E-state index is 0.313. The van der Waals surface area contributed by atoms with Crippen molar-refractivity contribution < 1.29 is 22.7 Å². The highest BCUT2D eigenvalue weighted by Gasteiger charge is 2.31. The summed E-state index contributed by atoms with van der Waals surface area (Å²) >= 11 is 1.58. The zero-order valence-corrected chi connectivity index (χ0v) is 26.2. The Morgan fingerprint density at radius 2 is 1.80 bits per heavy atom. The Balaban J connectivity index is 1.26. The molecule has 0 saturated carbocycles. The highest BCUT2D eigenvalue weighted by atomic mass is 32.2. The number of aliphatic imine (C=N–C) groups is 1. The van der Waals surface area contributed by atoms with E-state index in [4.69, 9.17) is 0 Å². The Morgan fingerprint density at radius 3 is 2.49 bits per heavy atom. The number of rotatable bonds is 8. The number of urea groups is 1. The predicted molar refractivity (Wildman–Crippen MR) is 173 cm³/mol. The summed E-state index contributed by atoms with van der Waals surface area (Å²) in [7, 11) is 0. The van der Waals surface area contributed by atoms with Crippen molar-refractivity contribution in [1.29, 1.82) is 0 Å². The molecule has 0 atom stereocenters. The van der Waals surface area contributed by atoms with Gasteiger partial charge in [-0.3, -0.25) is 0 Å². The Bertz CT molecular complexity index is 1730. The van der Waals surface area contributed by atoms with Crippen molar-refractivity contribution in [2.24, 2.45) is 4.99 Å². The number of amides is 2. The maximum Gasteiger partial charge on any atom is 0.573 e. The molecule has 0 radical (unpaired) electrons. The van der Waals surface area contributed by atoms with E-state index in [2.05, 4.69) is 62.1 Å². The van der Waals surface area contributed by atoms with E-state index < -0.39 is 12.4 Å². The van der Waals surface area contributed by atoms with Crippen LogP contribution in [0.2, 0.25) is 0 Å². The topological polar surface area (TPSA) is 84.6 Å². The number of benzene rings is 3. The third kappa shape index (κ3) is 7.93. The van der Waals surface area contributed by atoms with E-state index >= 15 is 0 Å². The number of ether oxygens (including phenoxy) is 1. The number of aryl methyl sites for hydroxylation is 2. The quantitative estimate of drug-likeness (QED) is 0.211. The number of alkyl halides is 3. The summed E-state index contributed by atoms with van der Waals surface area (Å²) in [5.41, 5.74) is 7.31. The monoisotopic (exact) mass is 634 g/mol. The number of nitrogens with zero attached hydrogens (tertiary/aromatic N) is 5. The first-order valence-electron chi connectivity index (χ1n) is 14.5. The van der Waals surface area contributed by atoms with Gasteiger partial charge >= 0.3 is 12.4 Å². The molecule has 8 nitrogen and oxygen atoms in total. The van der Waals surface area contributed by atoms with Gasteiger partial charge in [-0.2, -0.15) is 4.99 Å². The van der Waals surface area contributed by atoms with Crippen LogP contribution in [0.4, 0.5) is 23.7 Å². The molecule has 234 valence electrons. The van der Waals surface area contributed by atoms with Crippen molar-refractivity contribution in [3.05, 3.63) is 95.4 Å². The van der Waals surface area contributed by atoms with Gasteiger partial charge in [0.05, 0.1) is 5.69 Å². The number of thioether (sulfide) groups is 1. The van der Waals surface area contributed by atoms with E-state index in [1.807, 2.05) is 38.1 Å². The van der Waals surface area contributed by atoms with Gasteiger partial charge in [0.15, 0.2) is 11.0 Å². The zero-order valence-electron chi connectivity index (χ0n) is 25.4. The van der Waals surface area contributed by atoms with E-state index in [-0.39, 0.29) is 5.75 Å². The molecule has 1 fully saturated rings. The summed E-state index contributed by atoms with van der Waals surface area (Å²) in [5, 5.41) is 8.08. The molecule has 1 N–H and O–H groups in total. The molecule has 1 saturated heterocycles. The first-order valence-corrected chi connectivity index (χ1v) is 15.4. The van der Waals surface area contributed by atoms with Crippen LogP contribution in [0.3, 0.4) is 0 Å². The summed E-state index contributed by atoms with van der Waals surface area (Å²) in [5.74, 6) is 1.00. The first kappa shape index (κ1) is 31.8. The van der Waals surface area contributed by atoms with Crippen molar-refractivity contribution >= 4 is 34.2 Å². The highest BCUT2D eigenvalue weighted by molar-refractivity contribution is 8.14. The summed E-state index contributed by atoms with van der Waals surface area (Å²) in [6, 6.07) is 19.0. The minimum atomic E-state index is -4.75. The van der Waals surface area contributed by atoms with Crippen LogP contribution in [0.25, 0.3) is 22.6 Å². The van der Waals surface area contributed by atoms with Crippen LogP contribution in [0.15, 0.2) is 83.7 Å². The molecule has 1 aromatic heterocycles. The standard InChI is InChI=1S/C33H33F3N6O2S/c1-5-6-25-8-7-21(2)19-29(25)41-17-18-45-32(41)39-31(43)38-23(4)22(3)24-9-11-26(12-10-24)30-37-20-42(40-30)27-13-15-28(16-14-27)44-33(34,35)36/h7-16,19-20H,5-6,17-18H2,1-4H3,(H,38,43)/b23-22+,39-32-. The van der Waals surface area contributed by atoms with Gasteiger partial charge in [-0.15, -0.1) is 18.3 Å². The molecule has 0 spiro atoms. The van der Waals surface area contributed by atoms with Gasteiger partial charge in [0.2, 0.25) is 0 Å². The fraction of sp³-hybridized carbons (Fsp3) is 0.273. The number of carbonyl (C=O) groups is 1. The van der Waals surface area contributed by atoms with Gasteiger partial charge in [0.1, 0.15) is 12.1 Å². The molecule has 2 amide bonds. The second-order valence-electron chi connectivity index (χ2n) is 10.6. The molecule has 0 unspecified atom stereocenters. The van der Waals surface area contributed by atoms with E-state index in [1.165, 1.54) is 46.4 Å². The summed E-state index contributed by atoms with van der Waals surface area (Å²) in [6.45, 7) is 8.80. The van der Waals surface area contributed by atoms with Gasteiger partial charge < -0.3 is 15.0 Å². The third-order valence-corrected chi connectivity index (χ3v) is 8.24. The summed E-state index contributed by atoms with van der Waals surface area (Å²) in [6.07, 6.45) is -1.26. The van der Waals surface area contributed by atoms with Gasteiger partial charge in [-0.25, -0.2) is 14.5 Å². The number of nitrogens with one attached hydrogen (secondary N) is 1. The third-order valence-electron chi connectivity index (χ3n) is 7.28. The highest BCUT2D eigenvalue weighted by Crippen LogP contribution is 2.31. The molecular weight excluding hydrogens is 601 g/mol. The molecule has 1 aliphatic rings. The van der Waals surface area contributed by atoms with Crippen LogP contribution >= 0.6 is 11.8 Å². The Hall–Kier alpha value is -4.58. The fourth-order valence-electron chi connectivity index (χ4n) is 4.90. The predicted octanol–water partition coefficient (Wildman–Crippen LogP) is 8.16. The first-order chi connectivity index (χ1) is 21.5. The average Bonchev–Trinajstić information content (AvgIpc) is 3.68. The number of amidine groups is 1. The summed E-state index contributed by atoms with van der Waals surface area (Å²) < 4.78 is 42.7. The zero-order chi connectivity index (χ0) is 32.1. The van der Waals surface area contributed by atoms with Crippen molar-refractivity contribution in [2.45, 2.75) is 46.9 Å². The molecule has 2 heterocycles. The van der Waals surface area contributed by atoms with Crippen LogP contribution in [-0.2, 0) is 6.42 Å². The van der Waals surface area contributed by atoms with Crippen LogP contribution in [0.1, 0.15) is 43.9 Å². The second-order valence-corrected chi connectivity index (χ2v) is 11.7. The normalized spacial score (nSPS) is 14.9.